The van der Waals surface area contributed by atoms with Crippen LogP contribution in [0.5, 0.6) is 0 Å². The van der Waals surface area contributed by atoms with Gasteiger partial charge in [0.2, 0.25) is 0 Å². The Morgan fingerprint density at radius 1 is 1.46 bits per heavy atom. The average Bonchev–Trinajstić information content (AvgIpc) is 2.04. The zero-order chi connectivity index (χ0) is 9.73. The fourth-order valence-corrected chi connectivity index (χ4v) is 6.75. The molecule has 1 fully saturated rings. The van der Waals surface area contributed by atoms with Crippen molar-refractivity contribution < 1.29 is 5.11 Å². The van der Waals surface area contributed by atoms with Crippen LogP contribution in [0.4, 0.5) is 0 Å². The quantitative estimate of drug-likeness (QED) is 0.702. The third kappa shape index (κ3) is 3.53. The summed E-state index contributed by atoms with van der Waals surface area (Å²) in [6.07, 6.45) is 7.00. The van der Waals surface area contributed by atoms with Crippen molar-refractivity contribution in [3.63, 3.8) is 0 Å². The van der Waals surface area contributed by atoms with Crippen molar-refractivity contribution in [1.82, 2.24) is 4.90 Å². The Kier molecular flexibility index (Phi) is 4.64. The van der Waals surface area contributed by atoms with Crippen molar-refractivity contribution in [2.45, 2.75) is 19.8 Å². The summed E-state index contributed by atoms with van der Waals surface area (Å²) >= 11 is 0. The van der Waals surface area contributed by atoms with Gasteiger partial charge >= 0.3 is 82.0 Å². The van der Waals surface area contributed by atoms with E-state index in [0.29, 0.717) is 6.61 Å². The van der Waals surface area contributed by atoms with Crippen LogP contribution in [0.15, 0.2) is 0 Å². The normalized spacial score (nSPS) is 25.8. The molecule has 0 bridgehead atoms. The molecule has 1 saturated heterocycles. The van der Waals surface area contributed by atoms with Crippen LogP contribution in [0.25, 0.3) is 0 Å². The maximum absolute atomic E-state index is 8.89. The number of hydrogen-bond donors (Lipinski definition) is 1. The van der Waals surface area contributed by atoms with Crippen molar-refractivity contribution in [1.29, 1.82) is 0 Å². The third-order valence-electron chi connectivity index (χ3n) is 3.13. The molecule has 1 rings (SSSR count). The molecule has 2 nitrogen and oxygen atoms in total. The van der Waals surface area contributed by atoms with Gasteiger partial charge in [-0.2, -0.15) is 0 Å². The fraction of sp³-hybridized carbons (Fsp3) is 1.00. The molecule has 0 spiro atoms. The molecule has 3 heteroatoms. The molecule has 0 radical (unpaired) electrons. The van der Waals surface area contributed by atoms with Crippen molar-refractivity contribution in [3.05, 3.63) is 0 Å². The standard InChI is InChI=1S/C10H24NOP/c1-3-8-13(2)9-4-5-11(10-13)6-7-12/h12-13H,3-10H2,1-2H3. The summed E-state index contributed by atoms with van der Waals surface area (Å²) in [5.74, 6) is 0. The van der Waals surface area contributed by atoms with Crippen LogP contribution >= 0.6 is 7.26 Å². The second kappa shape index (κ2) is 5.29. The summed E-state index contributed by atoms with van der Waals surface area (Å²) in [6, 6.07) is 0. The average molecular weight is 205 g/mol. The van der Waals surface area contributed by atoms with E-state index in [2.05, 4.69) is 18.5 Å². The van der Waals surface area contributed by atoms with Crippen LogP contribution < -0.4 is 0 Å². The number of aliphatic hydroxyl groups excluding tert-OH is 1. The summed E-state index contributed by atoms with van der Waals surface area (Å²) in [7, 11) is -0.922. The minimum atomic E-state index is -0.922. The minimum absolute atomic E-state index is 0.330. The molecule has 13 heavy (non-hydrogen) atoms. The van der Waals surface area contributed by atoms with Crippen LogP contribution in [0.2, 0.25) is 0 Å². The Balaban J connectivity index is 2.39. The van der Waals surface area contributed by atoms with Gasteiger partial charge in [-0.25, -0.2) is 0 Å². The summed E-state index contributed by atoms with van der Waals surface area (Å²) < 4.78 is 0. The van der Waals surface area contributed by atoms with Crippen LogP contribution in [0.1, 0.15) is 19.8 Å². The summed E-state index contributed by atoms with van der Waals surface area (Å²) in [4.78, 5) is 2.46. The maximum atomic E-state index is 8.89. The predicted octanol–water partition coefficient (Wildman–Crippen LogP) is 1.43. The molecule has 1 aliphatic heterocycles. The number of hydrogen-bond acceptors (Lipinski definition) is 2. The Hall–Kier alpha value is 0.350. The molecular formula is C10H24NOP. The predicted molar refractivity (Wildman–Crippen MR) is 62.4 cm³/mol. The first-order valence-corrected chi connectivity index (χ1v) is 8.65. The molecule has 0 aliphatic carbocycles. The summed E-state index contributed by atoms with van der Waals surface area (Å²) in [5.41, 5.74) is 0. The van der Waals surface area contributed by atoms with Gasteiger partial charge in [0.25, 0.3) is 0 Å². The number of nitrogens with zero attached hydrogens (tertiary/aromatic N) is 1. The zero-order valence-electron chi connectivity index (χ0n) is 9.05. The summed E-state index contributed by atoms with van der Waals surface area (Å²) in [6.45, 7) is 7.26. The third-order valence-corrected chi connectivity index (χ3v) is 7.61. The second-order valence-electron chi connectivity index (χ2n) is 4.66. The monoisotopic (exact) mass is 205 g/mol. The van der Waals surface area contributed by atoms with Crippen LogP contribution in [0, 0.1) is 0 Å². The molecule has 0 atom stereocenters. The Morgan fingerprint density at radius 2 is 2.23 bits per heavy atom. The van der Waals surface area contributed by atoms with Gasteiger partial charge in [-0.05, 0) is 0 Å². The Morgan fingerprint density at radius 3 is 2.85 bits per heavy atom. The van der Waals surface area contributed by atoms with Crippen molar-refractivity contribution in [2.75, 3.05) is 45.0 Å². The van der Waals surface area contributed by atoms with Gasteiger partial charge in [-0.15, -0.1) is 0 Å². The zero-order valence-corrected chi connectivity index (χ0v) is 10.1. The van der Waals surface area contributed by atoms with E-state index in [4.69, 9.17) is 5.11 Å². The molecular weight excluding hydrogens is 181 g/mol. The molecule has 80 valence electrons. The number of rotatable bonds is 4. The van der Waals surface area contributed by atoms with Gasteiger partial charge in [0, 0.05) is 0 Å². The van der Waals surface area contributed by atoms with E-state index in [1.54, 1.807) is 0 Å². The van der Waals surface area contributed by atoms with Crippen LogP contribution in [-0.2, 0) is 0 Å². The molecule has 1 N–H and O–H groups in total. The molecule has 1 aliphatic rings. The topological polar surface area (TPSA) is 23.5 Å². The van der Waals surface area contributed by atoms with Gasteiger partial charge in [0.15, 0.2) is 0 Å². The molecule has 0 amide bonds. The first kappa shape index (κ1) is 11.4. The van der Waals surface area contributed by atoms with E-state index >= 15 is 0 Å². The van der Waals surface area contributed by atoms with Crippen molar-refractivity contribution in [2.24, 2.45) is 0 Å². The molecule has 0 saturated carbocycles. The van der Waals surface area contributed by atoms with Gasteiger partial charge in [0.05, 0.1) is 0 Å². The van der Waals surface area contributed by atoms with Gasteiger partial charge in [-0.1, -0.05) is 0 Å². The van der Waals surface area contributed by atoms with Crippen molar-refractivity contribution >= 4 is 7.26 Å². The van der Waals surface area contributed by atoms with E-state index in [1.807, 2.05) is 0 Å². The van der Waals surface area contributed by atoms with Gasteiger partial charge in [0.1, 0.15) is 0 Å². The second-order valence-corrected chi connectivity index (χ2v) is 9.60. The molecule has 0 unspecified atom stereocenters. The van der Waals surface area contributed by atoms with Gasteiger partial charge < -0.3 is 0 Å². The first-order valence-electron chi connectivity index (χ1n) is 5.53. The van der Waals surface area contributed by atoms with E-state index in [0.717, 1.165) is 6.54 Å². The SMILES string of the molecule is CCC[PH]1(C)CCCN(CCO)C1. The van der Waals surface area contributed by atoms with E-state index in [1.165, 1.54) is 38.0 Å². The summed E-state index contributed by atoms with van der Waals surface area (Å²) in [5, 5.41) is 8.89. The van der Waals surface area contributed by atoms with Gasteiger partial charge in [-0.3, -0.25) is 0 Å². The Labute approximate surface area is 82.7 Å². The van der Waals surface area contributed by atoms with E-state index in [9.17, 15) is 0 Å². The van der Waals surface area contributed by atoms with E-state index < -0.39 is 7.26 Å². The molecule has 0 aromatic carbocycles. The van der Waals surface area contributed by atoms with E-state index in [-0.39, 0.29) is 0 Å². The molecule has 0 aromatic heterocycles. The van der Waals surface area contributed by atoms with Crippen LogP contribution in [0.3, 0.4) is 0 Å². The fourth-order valence-electron chi connectivity index (χ4n) is 2.57. The first-order chi connectivity index (χ1) is 6.20. The number of aliphatic hydroxyl groups is 1. The molecule has 0 aromatic rings. The number of β-amino-alcohol motifs (C(OH)–C–C–N with tert-alkyl or cyclic N) is 1. The van der Waals surface area contributed by atoms with Crippen LogP contribution in [-0.4, -0.2) is 55.0 Å². The molecule has 1 heterocycles. The Bertz CT molecular complexity index is 148. The van der Waals surface area contributed by atoms with Crippen molar-refractivity contribution in [3.8, 4) is 0 Å².